The summed E-state index contributed by atoms with van der Waals surface area (Å²) in [5.41, 5.74) is 1.24. The van der Waals surface area contributed by atoms with Gasteiger partial charge < -0.3 is 5.32 Å². The molecule has 0 radical (unpaired) electrons. The van der Waals surface area contributed by atoms with Gasteiger partial charge in [-0.1, -0.05) is 36.9 Å². The Hall–Kier alpha value is -0.640. The van der Waals surface area contributed by atoms with Crippen LogP contribution in [-0.4, -0.2) is 36.1 Å². The molecular weight excluding hydrogens is 270 g/mol. The van der Waals surface area contributed by atoms with Gasteiger partial charge in [0.2, 0.25) is 0 Å². The van der Waals surface area contributed by atoms with E-state index in [0.717, 1.165) is 32.1 Å². The molecule has 3 nitrogen and oxygen atoms in total. The Bertz CT molecular complexity index is 407. The summed E-state index contributed by atoms with van der Waals surface area (Å²) in [6.45, 7) is 4.40. The molecule has 20 heavy (non-hydrogen) atoms. The van der Waals surface area contributed by atoms with Gasteiger partial charge in [0, 0.05) is 44.0 Å². The van der Waals surface area contributed by atoms with Crippen LogP contribution in [0.2, 0.25) is 5.15 Å². The number of halogens is 1. The van der Waals surface area contributed by atoms with Crippen LogP contribution in [0.15, 0.2) is 18.3 Å². The van der Waals surface area contributed by atoms with Gasteiger partial charge in [-0.3, -0.25) is 4.90 Å². The minimum atomic E-state index is 0.457. The predicted molar refractivity (Wildman–Crippen MR) is 83.0 cm³/mol. The Kier molecular flexibility index (Phi) is 4.92. The van der Waals surface area contributed by atoms with Crippen molar-refractivity contribution in [2.24, 2.45) is 5.92 Å². The average molecular weight is 294 g/mol. The Morgan fingerprint density at radius 1 is 1.20 bits per heavy atom. The number of pyridine rings is 1. The second kappa shape index (κ2) is 6.88. The predicted octanol–water partition coefficient (Wildman–Crippen LogP) is 3.26. The number of hydrogen-bond acceptors (Lipinski definition) is 3. The van der Waals surface area contributed by atoms with Crippen LogP contribution in [0.5, 0.6) is 0 Å². The van der Waals surface area contributed by atoms with Crippen molar-refractivity contribution in [3.05, 3.63) is 29.0 Å². The highest BCUT2D eigenvalue weighted by Crippen LogP contribution is 2.40. The molecular formula is C16H24ClN3. The maximum absolute atomic E-state index is 6.40. The standard InChI is InChI=1S/C16H24ClN3/c17-16-14(7-4-8-19-16)15(13-5-2-1-3-6-13)20-11-9-18-10-12-20/h4,7-8,13,15,18H,1-3,5-6,9-12H2/t15-/m0/s1. The Morgan fingerprint density at radius 2 is 1.95 bits per heavy atom. The van der Waals surface area contributed by atoms with Crippen molar-refractivity contribution >= 4 is 11.6 Å². The van der Waals surface area contributed by atoms with Crippen molar-refractivity contribution in [2.75, 3.05) is 26.2 Å². The van der Waals surface area contributed by atoms with Crippen LogP contribution in [0.4, 0.5) is 0 Å². The van der Waals surface area contributed by atoms with Gasteiger partial charge in [-0.25, -0.2) is 4.98 Å². The van der Waals surface area contributed by atoms with Crippen LogP contribution in [-0.2, 0) is 0 Å². The fourth-order valence-electron chi connectivity index (χ4n) is 3.78. The molecule has 0 aromatic carbocycles. The van der Waals surface area contributed by atoms with Crippen molar-refractivity contribution in [1.29, 1.82) is 0 Å². The first kappa shape index (κ1) is 14.3. The van der Waals surface area contributed by atoms with Crippen molar-refractivity contribution < 1.29 is 0 Å². The van der Waals surface area contributed by atoms with E-state index in [1.54, 1.807) is 6.20 Å². The second-order valence-corrected chi connectivity index (χ2v) is 6.37. The van der Waals surface area contributed by atoms with E-state index < -0.39 is 0 Å². The zero-order chi connectivity index (χ0) is 13.8. The lowest BCUT2D eigenvalue weighted by atomic mass is 9.80. The van der Waals surface area contributed by atoms with E-state index in [9.17, 15) is 0 Å². The first-order valence-corrected chi connectivity index (χ1v) is 8.29. The molecule has 0 bridgehead atoms. The average Bonchev–Trinajstić information content (AvgIpc) is 2.52. The quantitative estimate of drug-likeness (QED) is 0.867. The highest BCUT2D eigenvalue weighted by atomic mass is 35.5. The van der Waals surface area contributed by atoms with E-state index in [1.165, 1.54) is 37.7 Å². The minimum absolute atomic E-state index is 0.457. The van der Waals surface area contributed by atoms with E-state index in [-0.39, 0.29) is 0 Å². The zero-order valence-electron chi connectivity index (χ0n) is 12.0. The van der Waals surface area contributed by atoms with Crippen LogP contribution < -0.4 is 5.32 Å². The molecule has 0 amide bonds. The fourth-order valence-corrected chi connectivity index (χ4v) is 4.01. The molecule has 4 heteroatoms. The van der Waals surface area contributed by atoms with Crippen LogP contribution in [0.1, 0.15) is 43.7 Å². The molecule has 110 valence electrons. The molecule has 2 heterocycles. The maximum atomic E-state index is 6.40. The number of nitrogens with zero attached hydrogens (tertiary/aromatic N) is 2. The molecule has 3 rings (SSSR count). The number of hydrogen-bond donors (Lipinski definition) is 1. The molecule has 1 aromatic rings. The lowest BCUT2D eigenvalue weighted by Crippen LogP contribution is -2.47. The van der Waals surface area contributed by atoms with Crippen LogP contribution >= 0.6 is 11.6 Å². The Balaban J connectivity index is 1.87. The molecule has 0 unspecified atom stereocenters. The molecule has 1 atom stereocenters. The van der Waals surface area contributed by atoms with E-state index in [0.29, 0.717) is 11.2 Å². The summed E-state index contributed by atoms with van der Waals surface area (Å²) < 4.78 is 0. The van der Waals surface area contributed by atoms with Gasteiger partial charge in [-0.05, 0) is 24.8 Å². The number of nitrogens with one attached hydrogen (secondary N) is 1. The summed E-state index contributed by atoms with van der Waals surface area (Å²) in [5.74, 6) is 0.739. The van der Waals surface area contributed by atoms with Crippen LogP contribution in [0.3, 0.4) is 0 Å². The molecule has 1 N–H and O–H groups in total. The van der Waals surface area contributed by atoms with Gasteiger partial charge in [-0.15, -0.1) is 0 Å². The highest BCUT2D eigenvalue weighted by molar-refractivity contribution is 6.30. The SMILES string of the molecule is Clc1ncccc1[C@H](C1CCCCC1)N1CCNCC1. The summed E-state index contributed by atoms with van der Waals surface area (Å²) in [5, 5.41) is 4.14. The lowest BCUT2D eigenvalue weighted by Gasteiger charge is -2.41. The topological polar surface area (TPSA) is 28.2 Å². The van der Waals surface area contributed by atoms with Crippen LogP contribution in [0.25, 0.3) is 0 Å². The summed E-state index contributed by atoms with van der Waals surface area (Å²) >= 11 is 6.40. The van der Waals surface area contributed by atoms with Crippen LogP contribution in [0, 0.1) is 5.92 Å². The van der Waals surface area contributed by atoms with Gasteiger partial charge >= 0.3 is 0 Å². The summed E-state index contributed by atoms with van der Waals surface area (Å²) in [6, 6.07) is 4.66. The first-order chi connectivity index (χ1) is 9.86. The zero-order valence-corrected chi connectivity index (χ0v) is 12.8. The molecule has 1 aromatic heterocycles. The van der Waals surface area contributed by atoms with E-state index in [4.69, 9.17) is 11.6 Å². The molecule has 2 fully saturated rings. The molecule has 1 saturated heterocycles. The monoisotopic (exact) mass is 293 g/mol. The molecule has 1 aliphatic carbocycles. The summed E-state index contributed by atoms with van der Waals surface area (Å²) in [6.07, 6.45) is 8.59. The molecule has 2 aliphatic rings. The summed E-state index contributed by atoms with van der Waals surface area (Å²) in [4.78, 5) is 6.93. The normalized spacial score (nSPS) is 23.6. The van der Waals surface area contributed by atoms with Crippen molar-refractivity contribution in [2.45, 2.75) is 38.1 Å². The Morgan fingerprint density at radius 3 is 2.65 bits per heavy atom. The van der Waals surface area contributed by atoms with Crippen molar-refractivity contribution in [1.82, 2.24) is 15.2 Å². The lowest BCUT2D eigenvalue weighted by molar-refractivity contribution is 0.103. The minimum Gasteiger partial charge on any atom is -0.314 e. The number of aromatic nitrogens is 1. The molecule has 0 spiro atoms. The van der Waals surface area contributed by atoms with Gasteiger partial charge in [0.25, 0.3) is 0 Å². The maximum Gasteiger partial charge on any atom is 0.133 e. The number of piperazine rings is 1. The third-order valence-corrected chi connectivity index (χ3v) is 5.06. The Labute approximate surface area is 126 Å². The van der Waals surface area contributed by atoms with E-state index in [1.807, 2.05) is 6.07 Å². The van der Waals surface area contributed by atoms with E-state index >= 15 is 0 Å². The van der Waals surface area contributed by atoms with Gasteiger partial charge in [-0.2, -0.15) is 0 Å². The second-order valence-electron chi connectivity index (χ2n) is 6.01. The smallest absolute Gasteiger partial charge is 0.133 e. The van der Waals surface area contributed by atoms with Crippen molar-refractivity contribution in [3.8, 4) is 0 Å². The van der Waals surface area contributed by atoms with Gasteiger partial charge in [0.1, 0.15) is 5.15 Å². The summed E-state index contributed by atoms with van der Waals surface area (Å²) in [7, 11) is 0. The largest absolute Gasteiger partial charge is 0.314 e. The number of rotatable bonds is 3. The molecule has 1 saturated carbocycles. The van der Waals surface area contributed by atoms with Gasteiger partial charge in [0.15, 0.2) is 0 Å². The van der Waals surface area contributed by atoms with E-state index in [2.05, 4.69) is 21.3 Å². The molecule has 1 aliphatic heterocycles. The van der Waals surface area contributed by atoms with Gasteiger partial charge in [0.05, 0.1) is 0 Å². The third kappa shape index (κ3) is 3.16. The third-order valence-electron chi connectivity index (χ3n) is 4.75. The highest BCUT2D eigenvalue weighted by Gasteiger charge is 2.32. The fraction of sp³-hybridized carbons (Fsp3) is 0.688. The first-order valence-electron chi connectivity index (χ1n) is 7.91. The van der Waals surface area contributed by atoms with Crippen molar-refractivity contribution in [3.63, 3.8) is 0 Å².